The van der Waals surface area contributed by atoms with Crippen LogP contribution in [-0.2, 0) is 19.6 Å². The number of amides is 4. The van der Waals surface area contributed by atoms with Crippen LogP contribution in [0.2, 0.25) is 0 Å². The number of hydrogen-bond acceptors (Lipinski definition) is 5. The second kappa shape index (κ2) is 7.63. The third kappa shape index (κ3) is 4.70. The summed E-state index contributed by atoms with van der Waals surface area (Å²) in [4.78, 5) is 40.5. The van der Waals surface area contributed by atoms with Crippen LogP contribution < -0.4 is 15.4 Å². The van der Waals surface area contributed by atoms with E-state index in [1.54, 1.807) is 11.8 Å². The molecule has 0 unspecified atom stereocenters. The first-order chi connectivity index (χ1) is 12.7. The van der Waals surface area contributed by atoms with Crippen LogP contribution in [0.15, 0.2) is 0 Å². The molecule has 2 saturated heterocycles. The van der Waals surface area contributed by atoms with Gasteiger partial charge in [0.1, 0.15) is 6.04 Å². The first-order valence-electron chi connectivity index (χ1n) is 9.29. The number of carbonyl (C=O) groups is 3. The molecule has 4 amide bonds. The van der Waals surface area contributed by atoms with Crippen LogP contribution in [0.4, 0.5) is 4.79 Å². The molecule has 3 atom stereocenters. The van der Waals surface area contributed by atoms with Gasteiger partial charge in [-0.25, -0.2) is 17.9 Å². The molecule has 10 nitrogen and oxygen atoms in total. The fourth-order valence-electron chi connectivity index (χ4n) is 3.79. The third-order valence-electron chi connectivity index (χ3n) is 5.15. The first-order valence-corrected chi connectivity index (χ1v) is 11.2. The Bertz CT molecular complexity index is 723. The molecule has 152 valence electrons. The van der Waals surface area contributed by atoms with Crippen LogP contribution in [0.25, 0.3) is 0 Å². The van der Waals surface area contributed by atoms with Gasteiger partial charge in [-0.05, 0) is 26.2 Å². The van der Waals surface area contributed by atoms with Gasteiger partial charge in [-0.3, -0.25) is 9.59 Å². The summed E-state index contributed by atoms with van der Waals surface area (Å²) in [5.74, 6) is -0.324. The Morgan fingerprint density at radius 3 is 2.48 bits per heavy atom. The SMILES string of the molecule is CCNC(=O)N1C[C@@H]2C[C@H](NS(C)(=O)=O)CN2C(=O)[C@@H]1CNC(=O)C1CC1. The predicted octanol–water partition coefficient (Wildman–Crippen LogP) is -1.55. The van der Waals surface area contributed by atoms with E-state index in [0.29, 0.717) is 19.5 Å². The summed E-state index contributed by atoms with van der Waals surface area (Å²) in [5.41, 5.74) is 0. The lowest BCUT2D eigenvalue weighted by Gasteiger charge is -2.42. The number of sulfonamides is 1. The molecule has 0 bridgehead atoms. The van der Waals surface area contributed by atoms with E-state index in [-0.39, 0.29) is 48.9 Å². The minimum absolute atomic E-state index is 0.0180. The van der Waals surface area contributed by atoms with Gasteiger partial charge in [0.15, 0.2) is 0 Å². The zero-order chi connectivity index (χ0) is 19.8. The standard InChI is InChI=1S/C16H27N5O5S/c1-3-17-16(24)21-9-12-6-11(19-27(2,25)26)8-20(12)15(23)13(21)7-18-14(22)10-4-5-10/h10-13,19H,3-9H2,1-2H3,(H,17,24)(H,18,22)/t11-,12-,13-/m0/s1. The summed E-state index contributed by atoms with van der Waals surface area (Å²) < 4.78 is 25.6. The molecule has 0 spiro atoms. The van der Waals surface area contributed by atoms with E-state index in [1.807, 2.05) is 0 Å². The molecule has 27 heavy (non-hydrogen) atoms. The van der Waals surface area contributed by atoms with Crippen molar-refractivity contribution >= 4 is 27.9 Å². The van der Waals surface area contributed by atoms with E-state index < -0.39 is 16.1 Å². The Labute approximate surface area is 159 Å². The number of urea groups is 1. The van der Waals surface area contributed by atoms with E-state index in [9.17, 15) is 22.8 Å². The minimum Gasteiger partial charge on any atom is -0.353 e. The summed E-state index contributed by atoms with van der Waals surface area (Å²) in [6.07, 6.45) is 3.26. The molecule has 2 heterocycles. The summed E-state index contributed by atoms with van der Waals surface area (Å²) in [6.45, 7) is 2.87. The predicted molar refractivity (Wildman–Crippen MR) is 97.2 cm³/mol. The van der Waals surface area contributed by atoms with Crippen molar-refractivity contribution in [2.45, 2.75) is 44.3 Å². The molecule has 1 saturated carbocycles. The van der Waals surface area contributed by atoms with Gasteiger partial charge in [0.05, 0.1) is 12.3 Å². The molecule has 0 radical (unpaired) electrons. The van der Waals surface area contributed by atoms with E-state index in [2.05, 4.69) is 15.4 Å². The highest BCUT2D eigenvalue weighted by atomic mass is 32.2. The summed E-state index contributed by atoms with van der Waals surface area (Å²) in [5, 5.41) is 5.49. The van der Waals surface area contributed by atoms with Gasteiger partial charge < -0.3 is 20.4 Å². The number of nitrogens with one attached hydrogen (secondary N) is 3. The molecular weight excluding hydrogens is 374 g/mol. The topological polar surface area (TPSA) is 128 Å². The first kappa shape index (κ1) is 19.9. The van der Waals surface area contributed by atoms with Crippen molar-refractivity contribution in [3.63, 3.8) is 0 Å². The van der Waals surface area contributed by atoms with Crippen LogP contribution in [-0.4, -0.2) is 86.6 Å². The number of piperazine rings is 1. The van der Waals surface area contributed by atoms with Crippen molar-refractivity contribution in [1.29, 1.82) is 0 Å². The number of rotatable bonds is 6. The molecule has 3 fully saturated rings. The average Bonchev–Trinajstić information content (AvgIpc) is 3.34. The van der Waals surface area contributed by atoms with Gasteiger partial charge in [-0.2, -0.15) is 0 Å². The van der Waals surface area contributed by atoms with Gasteiger partial charge in [-0.1, -0.05) is 0 Å². The highest BCUT2D eigenvalue weighted by molar-refractivity contribution is 7.88. The lowest BCUT2D eigenvalue weighted by atomic mass is 10.1. The maximum atomic E-state index is 13.0. The molecule has 3 N–H and O–H groups in total. The number of hydrogen-bond donors (Lipinski definition) is 3. The zero-order valence-electron chi connectivity index (χ0n) is 15.6. The van der Waals surface area contributed by atoms with Crippen LogP contribution in [0, 0.1) is 5.92 Å². The van der Waals surface area contributed by atoms with E-state index in [4.69, 9.17) is 0 Å². The maximum absolute atomic E-state index is 13.0. The minimum atomic E-state index is -3.38. The van der Waals surface area contributed by atoms with Gasteiger partial charge in [-0.15, -0.1) is 0 Å². The van der Waals surface area contributed by atoms with E-state index in [0.717, 1.165) is 19.1 Å². The molecule has 11 heteroatoms. The van der Waals surface area contributed by atoms with Crippen LogP contribution in [0.3, 0.4) is 0 Å². The molecular formula is C16H27N5O5S. The quantitative estimate of drug-likeness (QED) is 0.496. The zero-order valence-corrected chi connectivity index (χ0v) is 16.4. The van der Waals surface area contributed by atoms with Gasteiger partial charge in [0, 0.05) is 38.1 Å². The molecule has 2 aliphatic heterocycles. The van der Waals surface area contributed by atoms with Crippen molar-refractivity contribution < 1.29 is 22.8 Å². The summed E-state index contributed by atoms with van der Waals surface area (Å²) >= 11 is 0. The molecule has 3 aliphatic rings. The largest absolute Gasteiger partial charge is 0.353 e. The smallest absolute Gasteiger partial charge is 0.318 e. The van der Waals surface area contributed by atoms with Crippen molar-refractivity contribution in [1.82, 2.24) is 25.2 Å². The third-order valence-corrected chi connectivity index (χ3v) is 5.92. The van der Waals surface area contributed by atoms with Crippen LogP contribution in [0.1, 0.15) is 26.2 Å². The maximum Gasteiger partial charge on any atom is 0.318 e. The van der Waals surface area contributed by atoms with Crippen LogP contribution >= 0.6 is 0 Å². The van der Waals surface area contributed by atoms with Crippen molar-refractivity contribution in [3.05, 3.63) is 0 Å². The second-order valence-electron chi connectivity index (χ2n) is 7.49. The van der Waals surface area contributed by atoms with Gasteiger partial charge >= 0.3 is 6.03 Å². The fourth-order valence-corrected chi connectivity index (χ4v) is 4.56. The van der Waals surface area contributed by atoms with Gasteiger partial charge in [0.25, 0.3) is 0 Å². The molecule has 0 aromatic carbocycles. The van der Waals surface area contributed by atoms with Crippen LogP contribution in [0.5, 0.6) is 0 Å². The Morgan fingerprint density at radius 2 is 1.89 bits per heavy atom. The average molecular weight is 401 g/mol. The lowest BCUT2D eigenvalue weighted by molar-refractivity contribution is -0.141. The number of fused-ring (bicyclic) bond motifs is 1. The molecule has 0 aromatic heterocycles. The second-order valence-corrected chi connectivity index (χ2v) is 9.27. The number of nitrogens with zero attached hydrogens (tertiary/aromatic N) is 2. The Morgan fingerprint density at radius 1 is 1.19 bits per heavy atom. The van der Waals surface area contributed by atoms with Crippen molar-refractivity contribution in [2.24, 2.45) is 5.92 Å². The lowest BCUT2D eigenvalue weighted by Crippen LogP contribution is -2.65. The van der Waals surface area contributed by atoms with Gasteiger partial charge in [0.2, 0.25) is 21.8 Å². The molecule has 3 rings (SSSR count). The van der Waals surface area contributed by atoms with E-state index in [1.165, 1.54) is 4.90 Å². The number of carbonyl (C=O) groups excluding carboxylic acids is 3. The highest BCUT2D eigenvalue weighted by Gasteiger charge is 2.47. The monoisotopic (exact) mass is 401 g/mol. The normalized spacial score (nSPS) is 28.1. The summed E-state index contributed by atoms with van der Waals surface area (Å²) in [7, 11) is -3.38. The summed E-state index contributed by atoms with van der Waals surface area (Å²) in [6, 6.07) is -1.75. The fraction of sp³-hybridized carbons (Fsp3) is 0.812. The van der Waals surface area contributed by atoms with Crippen molar-refractivity contribution in [2.75, 3.05) is 32.4 Å². The highest BCUT2D eigenvalue weighted by Crippen LogP contribution is 2.29. The Kier molecular flexibility index (Phi) is 5.61. The Balaban J connectivity index is 1.72. The van der Waals surface area contributed by atoms with E-state index >= 15 is 0 Å². The van der Waals surface area contributed by atoms with Crippen molar-refractivity contribution in [3.8, 4) is 0 Å². The molecule has 1 aliphatic carbocycles. The Hall–Kier alpha value is -1.88. The molecule has 0 aromatic rings.